The molecule has 1 fully saturated rings. The van der Waals surface area contributed by atoms with Crippen molar-refractivity contribution in [3.8, 4) is 0 Å². The Kier molecular flexibility index (Phi) is 6.12. The molecule has 2 aliphatic rings. The lowest BCUT2D eigenvalue weighted by molar-refractivity contribution is -0.153. The van der Waals surface area contributed by atoms with Crippen LogP contribution < -0.4 is 0 Å². The van der Waals surface area contributed by atoms with E-state index < -0.39 is 11.9 Å². The van der Waals surface area contributed by atoms with Crippen LogP contribution in [0.5, 0.6) is 0 Å². The van der Waals surface area contributed by atoms with Gasteiger partial charge in [-0.1, -0.05) is 24.3 Å². The number of carbonyl (C=O) groups excluding carboxylic acids is 2. The van der Waals surface area contributed by atoms with Crippen molar-refractivity contribution in [2.45, 2.75) is 23.1 Å². The third-order valence-electron chi connectivity index (χ3n) is 4.92. The minimum atomic E-state index is -1.07. The van der Waals surface area contributed by atoms with Crippen LogP contribution in [0.4, 0.5) is 0 Å². The molecular weight excluding hydrogens is 426 g/mol. The molecule has 1 unspecified atom stereocenters. The maximum absolute atomic E-state index is 12.7. The SMILES string of the molecule is O=C(Cc1cccs1)C[C@@H]1C(=O)N2C(C(=O)O)=C(CSc3ccccc3)CSC12. The third kappa shape index (κ3) is 4.29. The smallest absolute Gasteiger partial charge is 0.352 e. The molecule has 0 aliphatic carbocycles. The standard InChI is InChI=1S/C21H19NO4S3/c23-14(9-16-7-4-8-27-16)10-17-19(24)22-18(21(25)26)13(12-29-20(17)22)11-28-15-5-2-1-3-6-15/h1-8,17,20H,9-12H2,(H,25,26)/t17-,20?/m1/s1. The maximum Gasteiger partial charge on any atom is 0.352 e. The van der Waals surface area contributed by atoms with Gasteiger partial charge >= 0.3 is 5.97 Å². The highest BCUT2D eigenvalue weighted by atomic mass is 32.2. The Bertz CT molecular complexity index is 956. The summed E-state index contributed by atoms with van der Waals surface area (Å²) in [5, 5.41) is 11.4. The van der Waals surface area contributed by atoms with E-state index in [-0.39, 0.29) is 29.2 Å². The molecule has 1 saturated heterocycles. The lowest BCUT2D eigenvalue weighted by Gasteiger charge is -2.49. The van der Waals surface area contributed by atoms with E-state index in [2.05, 4.69) is 0 Å². The van der Waals surface area contributed by atoms with Crippen LogP contribution >= 0.6 is 34.9 Å². The second-order valence-corrected chi connectivity index (χ2v) is 10.1. The number of amides is 1. The summed E-state index contributed by atoms with van der Waals surface area (Å²) in [5.74, 6) is -0.637. The van der Waals surface area contributed by atoms with E-state index in [9.17, 15) is 19.5 Å². The molecule has 0 spiro atoms. The minimum Gasteiger partial charge on any atom is -0.477 e. The number of thioether (sulfide) groups is 2. The zero-order valence-corrected chi connectivity index (χ0v) is 17.9. The number of β-lactam (4-membered cyclic amide) rings is 1. The minimum absolute atomic E-state index is 0.0253. The van der Waals surface area contributed by atoms with Crippen LogP contribution in [0.2, 0.25) is 0 Å². The van der Waals surface area contributed by atoms with E-state index in [4.69, 9.17) is 0 Å². The Hall–Kier alpha value is -2.03. The van der Waals surface area contributed by atoms with Gasteiger partial charge in [0.05, 0.1) is 11.3 Å². The number of benzene rings is 1. The molecule has 1 aromatic carbocycles. The number of carboxylic acids is 1. The Morgan fingerprint density at radius 3 is 2.66 bits per heavy atom. The number of fused-ring (bicyclic) bond motifs is 1. The number of hydrogen-bond acceptors (Lipinski definition) is 6. The van der Waals surface area contributed by atoms with Gasteiger partial charge < -0.3 is 5.11 Å². The maximum atomic E-state index is 12.7. The van der Waals surface area contributed by atoms with Gasteiger partial charge in [0.1, 0.15) is 11.5 Å². The Balaban J connectivity index is 1.44. The van der Waals surface area contributed by atoms with Crippen LogP contribution in [-0.2, 0) is 20.8 Å². The predicted molar refractivity (Wildman–Crippen MR) is 116 cm³/mol. The van der Waals surface area contributed by atoms with E-state index in [0.29, 0.717) is 17.9 Å². The summed E-state index contributed by atoms with van der Waals surface area (Å²) in [6, 6.07) is 13.6. The van der Waals surface area contributed by atoms with Crippen molar-refractivity contribution < 1.29 is 19.5 Å². The van der Waals surface area contributed by atoms with Gasteiger partial charge in [0.2, 0.25) is 5.91 Å². The lowest BCUT2D eigenvalue weighted by atomic mass is 9.90. The molecule has 0 bridgehead atoms. The molecule has 0 radical (unpaired) electrons. The van der Waals surface area contributed by atoms with Crippen LogP contribution in [0.1, 0.15) is 11.3 Å². The van der Waals surface area contributed by atoms with Crippen molar-refractivity contribution >= 4 is 52.5 Å². The van der Waals surface area contributed by atoms with Gasteiger partial charge in [-0.3, -0.25) is 14.5 Å². The molecule has 2 aromatic rings. The van der Waals surface area contributed by atoms with E-state index in [1.807, 2.05) is 47.8 Å². The zero-order chi connectivity index (χ0) is 20.4. The molecule has 1 aromatic heterocycles. The number of thiophene rings is 1. The number of aliphatic carboxylic acids is 1. The molecule has 5 nitrogen and oxygen atoms in total. The largest absolute Gasteiger partial charge is 0.477 e. The molecule has 1 amide bonds. The van der Waals surface area contributed by atoms with Gasteiger partial charge in [0.25, 0.3) is 0 Å². The van der Waals surface area contributed by atoms with Crippen molar-refractivity contribution in [2.75, 3.05) is 11.5 Å². The van der Waals surface area contributed by atoms with Crippen molar-refractivity contribution in [3.63, 3.8) is 0 Å². The first-order valence-corrected chi connectivity index (χ1v) is 12.1. The first-order chi connectivity index (χ1) is 14.0. The average Bonchev–Trinajstić information content (AvgIpc) is 3.23. The number of nitrogens with zero attached hydrogens (tertiary/aromatic N) is 1. The molecule has 2 aliphatic heterocycles. The Morgan fingerprint density at radius 2 is 1.97 bits per heavy atom. The summed E-state index contributed by atoms with van der Waals surface area (Å²) in [6.07, 6.45) is 0.505. The molecule has 4 rings (SSSR count). The fraction of sp³-hybridized carbons (Fsp3) is 0.286. The molecule has 3 heterocycles. The topological polar surface area (TPSA) is 74.7 Å². The number of hydrogen-bond donors (Lipinski definition) is 1. The van der Waals surface area contributed by atoms with Gasteiger partial charge in [0, 0.05) is 34.1 Å². The molecule has 29 heavy (non-hydrogen) atoms. The highest BCUT2D eigenvalue weighted by Crippen LogP contribution is 2.46. The molecule has 150 valence electrons. The zero-order valence-electron chi connectivity index (χ0n) is 15.4. The molecule has 1 N–H and O–H groups in total. The molecule has 2 atom stereocenters. The van der Waals surface area contributed by atoms with Crippen molar-refractivity contribution in [1.82, 2.24) is 4.90 Å². The summed E-state index contributed by atoms with van der Waals surface area (Å²) in [4.78, 5) is 40.4. The van der Waals surface area contributed by atoms with Gasteiger partial charge in [-0.05, 0) is 29.2 Å². The van der Waals surface area contributed by atoms with Crippen LogP contribution in [0, 0.1) is 5.92 Å². The van der Waals surface area contributed by atoms with Crippen LogP contribution in [0.25, 0.3) is 0 Å². The van der Waals surface area contributed by atoms with Gasteiger partial charge in [-0.2, -0.15) is 0 Å². The first-order valence-electron chi connectivity index (χ1n) is 9.16. The summed E-state index contributed by atoms with van der Waals surface area (Å²) in [7, 11) is 0. The van der Waals surface area contributed by atoms with Crippen LogP contribution in [0.15, 0.2) is 64.0 Å². The average molecular weight is 446 g/mol. The second kappa shape index (κ2) is 8.77. The van der Waals surface area contributed by atoms with E-state index in [0.717, 1.165) is 15.3 Å². The summed E-state index contributed by atoms with van der Waals surface area (Å²) < 4.78 is 0. The Morgan fingerprint density at radius 1 is 1.17 bits per heavy atom. The summed E-state index contributed by atoms with van der Waals surface area (Å²) in [6.45, 7) is 0. The van der Waals surface area contributed by atoms with E-state index in [1.165, 1.54) is 16.2 Å². The highest BCUT2D eigenvalue weighted by molar-refractivity contribution is 8.01. The number of carbonyl (C=O) groups is 3. The summed E-state index contributed by atoms with van der Waals surface area (Å²) in [5.41, 5.74) is 0.855. The fourth-order valence-corrected chi connectivity index (χ4v) is 6.75. The van der Waals surface area contributed by atoms with Crippen molar-refractivity contribution in [1.29, 1.82) is 0 Å². The van der Waals surface area contributed by atoms with E-state index >= 15 is 0 Å². The number of ketones is 1. The molecule has 0 saturated carbocycles. The van der Waals surface area contributed by atoms with Crippen LogP contribution in [-0.4, -0.2) is 44.5 Å². The molecule has 8 heteroatoms. The quantitative estimate of drug-likeness (QED) is 0.491. The first kappa shape index (κ1) is 20.3. The lowest BCUT2D eigenvalue weighted by Crippen LogP contribution is -2.62. The van der Waals surface area contributed by atoms with Crippen molar-refractivity contribution in [3.05, 3.63) is 64.0 Å². The second-order valence-electron chi connectivity index (χ2n) is 6.87. The third-order valence-corrected chi connectivity index (χ3v) is 8.29. The monoisotopic (exact) mass is 445 g/mol. The van der Waals surface area contributed by atoms with Gasteiger partial charge in [-0.25, -0.2) is 4.79 Å². The van der Waals surface area contributed by atoms with Crippen molar-refractivity contribution in [2.24, 2.45) is 5.92 Å². The van der Waals surface area contributed by atoms with Gasteiger partial charge in [-0.15, -0.1) is 34.9 Å². The predicted octanol–water partition coefficient (Wildman–Crippen LogP) is 3.91. The number of carboxylic acid groups (broad SMARTS) is 1. The summed E-state index contributed by atoms with van der Waals surface area (Å²) >= 11 is 4.65. The van der Waals surface area contributed by atoms with Gasteiger partial charge in [0.15, 0.2) is 0 Å². The van der Waals surface area contributed by atoms with Crippen LogP contribution in [0.3, 0.4) is 0 Å². The highest BCUT2D eigenvalue weighted by Gasteiger charge is 2.53. The Labute approximate surface area is 181 Å². The van der Waals surface area contributed by atoms with E-state index in [1.54, 1.807) is 23.5 Å². The number of Topliss-reactive ketones (excluding diaryl/α,β-unsaturated/α-hetero) is 1. The fourth-order valence-electron chi connectivity index (χ4n) is 3.54. The normalized spacial score (nSPS) is 21.0. The molecular formula is C21H19NO4S3. The number of rotatable bonds is 8.